The first-order valence-corrected chi connectivity index (χ1v) is 6.13. The Morgan fingerprint density at radius 1 is 1.11 bits per heavy atom. The standard InChI is InChI=1S/C15H14BFO/c1-10-4-3-5-11(2)15(10)16-14-7-6-13(17)8-12(14)9-18-16/h3-8H,9H2,1-2H3. The highest BCUT2D eigenvalue weighted by Gasteiger charge is 2.32. The van der Waals surface area contributed by atoms with Gasteiger partial charge in [0, 0.05) is 0 Å². The zero-order valence-electron chi connectivity index (χ0n) is 10.5. The largest absolute Gasteiger partial charge is 0.423 e. The van der Waals surface area contributed by atoms with Crippen molar-refractivity contribution in [3.63, 3.8) is 0 Å². The zero-order chi connectivity index (χ0) is 12.7. The van der Waals surface area contributed by atoms with Gasteiger partial charge in [-0.25, -0.2) is 4.39 Å². The Hall–Kier alpha value is -1.61. The first kappa shape index (κ1) is 11.5. The van der Waals surface area contributed by atoms with Gasteiger partial charge in [-0.1, -0.05) is 35.4 Å². The maximum absolute atomic E-state index is 13.2. The van der Waals surface area contributed by atoms with E-state index in [1.807, 2.05) is 6.07 Å². The number of hydrogen-bond acceptors (Lipinski definition) is 1. The van der Waals surface area contributed by atoms with Crippen molar-refractivity contribution in [2.45, 2.75) is 20.5 Å². The Labute approximate surface area is 107 Å². The molecule has 0 spiro atoms. The summed E-state index contributed by atoms with van der Waals surface area (Å²) in [5.41, 5.74) is 5.70. The topological polar surface area (TPSA) is 9.23 Å². The van der Waals surface area contributed by atoms with Crippen molar-refractivity contribution < 1.29 is 9.04 Å². The number of benzene rings is 2. The molecule has 1 aliphatic rings. The molecule has 3 rings (SSSR count). The fraction of sp³-hybridized carbons (Fsp3) is 0.200. The average Bonchev–Trinajstić information content (AvgIpc) is 2.72. The second-order valence-electron chi connectivity index (χ2n) is 4.84. The van der Waals surface area contributed by atoms with E-state index in [0.29, 0.717) is 6.61 Å². The van der Waals surface area contributed by atoms with E-state index in [1.165, 1.54) is 22.7 Å². The van der Waals surface area contributed by atoms with E-state index in [-0.39, 0.29) is 12.7 Å². The number of halogens is 1. The number of fused-ring (bicyclic) bond motifs is 1. The van der Waals surface area contributed by atoms with Crippen LogP contribution >= 0.6 is 0 Å². The van der Waals surface area contributed by atoms with E-state index in [4.69, 9.17) is 4.65 Å². The fourth-order valence-corrected chi connectivity index (χ4v) is 2.70. The van der Waals surface area contributed by atoms with Gasteiger partial charge in [-0.05, 0) is 42.5 Å². The lowest BCUT2D eigenvalue weighted by molar-refractivity contribution is 0.336. The number of rotatable bonds is 1. The summed E-state index contributed by atoms with van der Waals surface area (Å²) in [5, 5.41) is 0. The van der Waals surface area contributed by atoms with Crippen LogP contribution in [0.25, 0.3) is 0 Å². The van der Waals surface area contributed by atoms with Gasteiger partial charge in [0.15, 0.2) is 0 Å². The lowest BCUT2D eigenvalue weighted by Crippen LogP contribution is -2.44. The molecule has 0 amide bonds. The van der Waals surface area contributed by atoms with Crippen molar-refractivity contribution in [2.24, 2.45) is 0 Å². The van der Waals surface area contributed by atoms with Gasteiger partial charge < -0.3 is 4.65 Å². The Morgan fingerprint density at radius 3 is 2.56 bits per heavy atom. The molecule has 0 unspecified atom stereocenters. The van der Waals surface area contributed by atoms with Gasteiger partial charge in [0.25, 0.3) is 0 Å². The van der Waals surface area contributed by atoms with Crippen LogP contribution in [0.3, 0.4) is 0 Å². The molecule has 0 saturated heterocycles. The van der Waals surface area contributed by atoms with E-state index in [0.717, 1.165) is 11.0 Å². The predicted octanol–water partition coefficient (Wildman–Crippen LogP) is 2.08. The van der Waals surface area contributed by atoms with E-state index < -0.39 is 0 Å². The second kappa shape index (κ2) is 4.25. The molecule has 3 heteroatoms. The molecular formula is C15H14BFO. The highest BCUT2D eigenvalue weighted by atomic mass is 19.1. The summed E-state index contributed by atoms with van der Waals surface area (Å²) >= 11 is 0. The summed E-state index contributed by atoms with van der Waals surface area (Å²) in [6, 6.07) is 11.2. The first-order valence-electron chi connectivity index (χ1n) is 6.13. The molecular weight excluding hydrogens is 226 g/mol. The van der Waals surface area contributed by atoms with Gasteiger partial charge >= 0.3 is 6.92 Å². The van der Waals surface area contributed by atoms with Gasteiger partial charge in [-0.3, -0.25) is 0 Å². The molecule has 2 aromatic carbocycles. The maximum Gasteiger partial charge on any atom is 0.362 e. The minimum atomic E-state index is -0.195. The molecule has 0 fully saturated rings. The third-order valence-corrected chi connectivity index (χ3v) is 3.60. The summed E-state index contributed by atoms with van der Waals surface area (Å²) in [7, 11) is 0. The van der Waals surface area contributed by atoms with Crippen molar-refractivity contribution in [3.05, 3.63) is 58.9 Å². The van der Waals surface area contributed by atoms with E-state index in [9.17, 15) is 4.39 Å². The highest BCUT2D eigenvalue weighted by molar-refractivity contribution is 6.81. The third-order valence-electron chi connectivity index (χ3n) is 3.60. The van der Waals surface area contributed by atoms with Gasteiger partial charge in [0.2, 0.25) is 0 Å². The Bertz CT molecular complexity index is 589. The minimum Gasteiger partial charge on any atom is -0.423 e. The molecule has 0 radical (unpaired) electrons. The monoisotopic (exact) mass is 240 g/mol. The lowest BCUT2D eigenvalue weighted by Gasteiger charge is -2.13. The Morgan fingerprint density at radius 2 is 1.83 bits per heavy atom. The first-order chi connectivity index (χ1) is 8.66. The SMILES string of the molecule is Cc1cccc(C)c1B1OCc2cc(F)ccc21. The van der Waals surface area contributed by atoms with Crippen molar-refractivity contribution in [1.82, 2.24) is 0 Å². The molecule has 0 aromatic heterocycles. The minimum absolute atomic E-state index is 0.0539. The predicted molar refractivity (Wildman–Crippen MR) is 72.1 cm³/mol. The molecule has 1 heterocycles. The van der Waals surface area contributed by atoms with Gasteiger partial charge in [-0.2, -0.15) is 0 Å². The van der Waals surface area contributed by atoms with Crippen LogP contribution in [0.2, 0.25) is 0 Å². The fourth-order valence-electron chi connectivity index (χ4n) is 2.70. The van der Waals surface area contributed by atoms with Crippen LogP contribution < -0.4 is 10.9 Å². The average molecular weight is 240 g/mol. The van der Waals surface area contributed by atoms with Crippen LogP contribution in [0.5, 0.6) is 0 Å². The normalized spacial score (nSPS) is 13.8. The molecule has 0 saturated carbocycles. The van der Waals surface area contributed by atoms with E-state index in [1.54, 1.807) is 6.07 Å². The molecule has 90 valence electrons. The lowest BCUT2D eigenvalue weighted by atomic mass is 9.53. The van der Waals surface area contributed by atoms with Gasteiger partial charge in [0.1, 0.15) is 5.82 Å². The van der Waals surface area contributed by atoms with Crippen LogP contribution in [-0.2, 0) is 11.3 Å². The summed E-state index contributed by atoms with van der Waals surface area (Å²) in [5.74, 6) is -0.195. The Kier molecular flexibility index (Phi) is 2.71. The summed E-state index contributed by atoms with van der Waals surface area (Å²) < 4.78 is 19.1. The summed E-state index contributed by atoms with van der Waals surface area (Å²) in [4.78, 5) is 0. The number of hydrogen-bond donors (Lipinski definition) is 0. The number of aryl methyl sites for hydroxylation is 2. The van der Waals surface area contributed by atoms with E-state index in [2.05, 4.69) is 32.0 Å². The van der Waals surface area contributed by atoms with Crippen molar-refractivity contribution >= 4 is 17.8 Å². The molecule has 18 heavy (non-hydrogen) atoms. The van der Waals surface area contributed by atoms with Crippen LogP contribution in [-0.4, -0.2) is 6.92 Å². The second-order valence-corrected chi connectivity index (χ2v) is 4.84. The van der Waals surface area contributed by atoms with Crippen molar-refractivity contribution in [3.8, 4) is 0 Å². The van der Waals surface area contributed by atoms with Gasteiger partial charge in [-0.15, -0.1) is 0 Å². The smallest absolute Gasteiger partial charge is 0.362 e. The molecule has 0 aliphatic carbocycles. The van der Waals surface area contributed by atoms with E-state index >= 15 is 0 Å². The molecule has 1 nitrogen and oxygen atoms in total. The van der Waals surface area contributed by atoms with Crippen LogP contribution in [0.1, 0.15) is 16.7 Å². The summed E-state index contributed by atoms with van der Waals surface area (Å²) in [6.45, 7) is 4.62. The van der Waals surface area contributed by atoms with Crippen molar-refractivity contribution in [2.75, 3.05) is 0 Å². The highest BCUT2D eigenvalue weighted by Crippen LogP contribution is 2.14. The Balaban J connectivity index is 2.12. The maximum atomic E-state index is 13.2. The van der Waals surface area contributed by atoms with Crippen LogP contribution in [0, 0.1) is 19.7 Å². The van der Waals surface area contributed by atoms with Gasteiger partial charge in [0.05, 0.1) is 6.61 Å². The molecule has 0 bridgehead atoms. The quantitative estimate of drug-likeness (QED) is 0.693. The molecule has 1 aliphatic heterocycles. The summed E-state index contributed by atoms with van der Waals surface area (Å²) in [6.07, 6.45) is 0. The third kappa shape index (κ3) is 1.75. The van der Waals surface area contributed by atoms with Crippen LogP contribution in [0.15, 0.2) is 36.4 Å². The zero-order valence-corrected chi connectivity index (χ0v) is 10.5. The molecule has 2 aromatic rings. The van der Waals surface area contributed by atoms with Crippen molar-refractivity contribution in [1.29, 1.82) is 0 Å². The molecule has 0 atom stereocenters. The van der Waals surface area contributed by atoms with Crippen LogP contribution in [0.4, 0.5) is 4.39 Å². The molecule has 0 N–H and O–H groups in total.